The third-order valence-corrected chi connectivity index (χ3v) is 3.44. The standard InChI is InChI=1S/C16H20N2O3/c1-16(2,3)12(15(20)21)8-10-7-11-5-4-6-13(19)18-14(11)17-9-10/h7-9H,4-6H2,1-3H3,(H,20,21)(H,17,18,19). The van der Waals surface area contributed by atoms with E-state index in [1.807, 2.05) is 26.8 Å². The van der Waals surface area contributed by atoms with E-state index in [0.29, 0.717) is 17.8 Å². The molecule has 0 unspecified atom stereocenters. The zero-order chi connectivity index (χ0) is 15.6. The molecule has 0 spiro atoms. The van der Waals surface area contributed by atoms with Gasteiger partial charge in [0.25, 0.3) is 0 Å². The van der Waals surface area contributed by atoms with Crippen LogP contribution in [0.15, 0.2) is 17.8 Å². The smallest absolute Gasteiger partial charge is 0.332 e. The molecule has 0 saturated carbocycles. The van der Waals surface area contributed by atoms with Gasteiger partial charge in [-0.25, -0.2) is 9.78 Å². The second-order valence-electron chi connectivity index (χ2n) is 6.29. The molecule has 21 heavy (non-hydrogen) atoms. The first-order valence-corrected chi connectivity index (χ1v) is 7.01. The van der Waals surface area contributed by atoms with Crippen LogP contribution in [-0.2, 0) is 16.0 Å². The van der Waals surface area contributed by atoms with Crippen molar-refractivity contribution < 1.29 is 14.7 Å². The van der Waals surface area contributed by atoms with Crippen molar-refractivity contribution in [3.63, 3.8) is 0 Å². The number of pyridine rings is 1. The van der Waals surface area contributed by atoms with Crippen LogP contribution >= 0.6 is 0 Å². The summed E-state index contributed by atoms with van der Waals surface area (Å²) >= 11 is 0. The predicted molar refractivity (Wildman–Crippen MR) is 80.9 cm³/mol. The molecule has 5 nitrogen and oxygen atoms in total. The highest BCUT2D eigenvalue weighted by molar-refractivity contribution is 5.94. The van der Waals surface area contributed by atoms with Crippen LogP contribution in [0.4, 0.5) is 5.82 Å². The van der Waals surface area contributed by atoms with Gasteiger partial charge in [0.15, 0.2) is 0 Å². The maximum Gasteiger partial charge on any atom is 0.332 e. The number of aryl methyl sites for hydroxylation is 1. The Labute approximate surface area is 124 Å². The summed E-state index contributed by atoms with van der Waals surface area (Å²) < 4.78 is 0. The Balaban J connectivity index is 2.40. The van der Waals surface area contributed by atoms with Gasteiger partial charge in [-0.3, -0.25) is 4.79 Å². The number of nitrogens with one attached hydrogen (secondary N) is 1. The normalized spacial score (nSPS) is 16.0. The van der Waals surface area contributed by atoms with E-state index in [2.05, 4.69) is 10.3 Å². The van der Waals surface area contributed by atoms with Crippen molar-refractivity contribution in [1.29, 1.82) is 0 Å². The van der Waals surface area contributed by atoms with Crippen molar-refractivity contribution >= 4 is 23.8 Å². The lowest BCUT2D eigenvalue weighted by molar-refractivity contribution is -0.133. The van der Waals surface area contributed by atoms with Gasteiger partial charge in [-0.15, -0.1) is 0 Å². The minimum absolute atomic E-state index is 0.0227. The van der Waals surface area contributed by atoms with Gasteiger partial charge in [-0.1, -0.05) is 20.8 Å². The molecule has 2 heterocycles. The summed E-state index contributed by atoms with van der Waals surface area (Å²) in [6.07, 6.45) is 5.28. The molecule has 1 aliphatic rings. The van der Waals surface area contributed by atoms with Crippen LogP contribution < -0.4 is 5.32 Å². The molecule has 1 aromatic rings. The summed E-state index contributed by atoms with van der Waals surface area (Å²) in [5, 5.41) is 12.1. The molecule has 0 atom stereocenters. The lowest BCUT2D eigenvalue weighted by atomic mass is 9.85. The van der Waals surface area contributed by atoms with Crippen LogP contribution in [0.1, 0.15) is 44.7 Å². The first-order valence-electron chi connectivity index (χ1n) is 7.01. The van der Waals surface area contributed by atoms with Crippen molar-refractivity contribution in [3.8, 4) is 0 Å². The van der Waals surface area contributed by atoms with E-state index in [0.717, 1.165) is 24.0 Å². The lowest BCUT2D eigenvalue weighted by Crippen LogP contribution is -2.17. The number of carboxylic acid groups (broad SMARTS) is 1. The molecule has 0 aliphatic carbocycles. The molecule has 0 fully saturated rings. The van der Waals surface area contributed by atoms with Gasteiger partial charge >= 0.3 is 5.97 Å². The number of aromatic nitrogens is 1. The number of fused-ring (bicyclic) bond motifs is 1. The summed E-state index contributed by atoms with van der Waals surface area (Å²) in [6.45, 7) is 5.60. The number of carboxylic acids is 1. The second-order valence-corrected chi connectivity index (χ2v) is 6.29. The Morgan fingerprint density at radius 3 is 2.71 bits per heavy atom. The fourth-order valence-corrected chi connectivity index (χ4v) is 2.31. The zero-order valence-corrected chi connectivity index (χ0v) is 12.6. The number of amides is 1. The van der Waals surface area contributed by atoms with Crippen molar-refractivity contribution in [2.24, 2.45) is 5.41 Å². The van der Waals surface area contributed by atoms with Crippen LogP contribution in [0.3, 0.4) is 0 Å². The molecule has 1 aromatic heterocycles. The van der Waals surface area contributed by atoms with Crippen LogP contribution in [0.2, 0.25) is 0 Å². The number of carbonyl (C=O) groups excluding carboxylic acids is 1. The molecule has 2 N–H and O–H groups in total. The average molecular weight is 288 g/mol. The van der Waals surface area contributed by atoms with Crippen molar-refractivity contribution in [1.82, 2.24) is 4.98 Å². The van der Waals surface area contributed by atoms with E-state index in [9.17, 15) is 14.7 Å². The van der Waals surface area contributed by atoms with Gasteiger partial charge in [0.05, 0.1) is 0 Å². The number of anilines is 1. The molecule has 0 radical (unpaired) electrons. The molecular formula is C16H20N2O3. The van der Waals surface area contributed by atoms with Gasteiger partial charge in [0.1, 0.15) is 5.82 Å². The molecule has 112 valence electrons. The molecule has 0 aromatic carbocycles. The van der Waals surface area contributed by atoms with Crippen LogP contribution in [0, 0.1) is 5.41 Å². The minimum atomic E-state index is -0.925. The first kappa shape index (κ1) is 15.2. The third-order valence-electron chi connectivity index (χ3n) is 3.44. The predicted octanol–water partition coefficient (Wildman–Crippen LogP) is 2.87. The van der Waals surface area contributed by atoms with E-state index in [1.54, 1.807) is 12.3 Å². The third kappa shape index (κ3) is 3.68. The number of hydrogen-bond donors (Lipinski definition) is 2. The number of nitrogens with zero attached hydrogens (tertiary/aromatic N) is 1. The van der Waals surface area contributed by atoms with Gasteiger partial charge in [-0.05, 0) is 41.5 Å². The Kier molecular flexibility index (Phi) is 4.11. The molecule has 0 bridgehead atoms. The first-order chi connectivity index (χ1) is 9.77. The molecular weight excluding hydrogens is 268 g/mol. The zero-order valence-electron chi connectivity index (χ0n) is 12.6. The highest BCUT2D eigenvalue weighted by atomic mass is 16.4. The SMILES string of the molecule is CC(C)(C)C(=Cc1cnc2c(c1)CCCC(=O)N2)C(=O)O. The van der Waals surface area contributed by atoms with Gasteiger partial charge in [0, 0.05) is 18.2 Å². The Hall–Kier alpha value is -2.17. The monoisotopic (exact) mass is 288 g/mol. The Morgan fingerprint density at radius 1 is 1.38 bits per heavy atom. The summed E-state index contributed by atoms with van der Waals surface area (Å²) in [5.74, 6) is -0.363. The number of aliphatic carboxylic acids is 1. The average Bonchev–Trinajstić information content (AvgIpc) is 2.54. The number of carbonyl (C=O) groups is 2. The highest BCUT2D eigenvalue weighted by Gasteiger charge is 2.23. The largest absolute Gasteiger partial charge is 0.478 e. The lowest BCUT2D eigenvalue weighted by Gasteiger charge is -2.19. The summed E-state index contributed by atoms with van der Waals surface area (Å²) in [5.41, 5.74) is 1.58. The molecule has 0 saturated heterocycles. The fraction of sp³-hybridized carbons (Fsp3) is 0.438. The van der Waals surface area contributed by atoms with E-state index >= 15 is 0 Å². The number of rotatable bonds is 2. The maximum atomic E-state index is 11.5. The summed E-state index contributed by atoms with van der Waals surface area (Å²) in [6, 6.07) is 1.91. The summed E-state index contributed by atoms with van der Waals surface area (Å²) in [7, 11) is 0. The van der Waals surface area contributed by atoms with Gasteiger partial charge < -0.3 is 10.4 Å². The van der Waals surface area contributed by atoms with Crippen LogP contribution in [0.5, 0.6) is 0 Å². The van der Waals surface area contributed by atoms with Crippen LogP contribution in [-0.4, -0.2) is 22.0 Å². The minimum Gasteiger partial charge on any atom is -0.478 e. The Bertz CT molecular complexity index is 612. The molecule has 5 heteroatoms. The molecule has 2 rings (SSSR count). The molecule has 1 amide bonds. The quantitative estimate of drug-likeness (QED) is 0.820. The van der Waals surface area contributed by atoms with Gasteiger partial charge in [0.2, 0.25) is 5.91 Å². The van der Waals surface area contributed by atoms with E-state index in [-0.39, 0.29) is 5.91 Å². The highest BCUT2D eigenvalue weighted by Crippen LogP contribution is 2.28. The Morgan fingerprint density at radius 2 is 2.10 bits per heavy atom. The van der Waals surface area contributed by atoms with Crippen molar-refractivity contribution in [2.75, 3.05) is 5.32 Å². The second kappa shape index (κ2) is 5.68. The number of hydrogen-bond acceptors (Lipinski definition) is 3. The van der Waals surface area contributed by atoms with Crippen molar-refractivity contribution in [2.45, 2.75) is 40.0 Å². The fourth-order valence-electron chi connectivity index (χ4n) is 2.31. The summed E-state index contributed by atoms with van der Waals surface area (Å²) in [4.78, 5) is 27.1. The molecule has 1 aliphatic heterocycles. The topological polar surface area (TPSA) is 79.3 Å². The maximum absolute atomic E-state index is 11.5. The van der Waals surface area contributed by atoms with Gasteiger partial charge in [-0.2, -0.15) is 0 Å². The van der Waals surface area contributed by atoms with E-state index < -0.39 is 11.4 Å². The van der Waals surface area contributed by atoms with Crippen molar-refractivity contribution in [3.05, 3.63) is 29.0 Å². The van der Waals surface area contributed by atoms with E-state index in [1.165, 1.54) is 0 Å². The van der Waals surface area contributed by atoms with E-state index in [4.69, 9.17) is 0 Å². The van der Waals surface area contributed by atoms with Crippen LogP contribution in [0.25, 0.3) is 6.08 Å².